The molecule has 0 aromatic heterocycles. The molecule has 0 amide bonds. The van der Waals surface area contributed by atoms with Crippen LogP contribution < -0.4 is 0 Å². The van der Waals surface area contributed by atoms with Gasteiger partial charge in [0.1, 0.15) is 0 Å². The Bertz CT molecular complexity index is 475. The zero-order chi connectivity index (χ0) is 13.9. The van der Waals surface area contributed by atoms with Gasteiger partial charge in [-0.15, -0.1) is 0 Å². The summed E-state index contributed by atoms with van der Waals surface area (Å²) in [6.07, 6.45) is -2.53. The molecule has 8 heteroatoms. The molecule has 0 aliphatic carbocycles. The van der Waals surface area contributed by atoms with Crippen LogP contribution in [0, 0.1) is 0 Å². The Morgan fingerprint density at radius 1 is 1.33 bits per heavy atom. The number of carboxylic acids is 1. The molecule has 18 heavy (non-hydrogen) atoms. The first-order valence-corrected chi connectivity index (χ1v) is 4.49. The highest BCUT2D eigenvalue weighted by Gasteiger charge is 2.44. The first-order chi connectivity index (χ1) is 8.30. The Morgan fingerprint density at radius 2 is 1.94 bits per heavy atom. The van der Waals surface area contributed by atoms with Crippen molar-refractivity contribution in [3.05, 3.63) is 35.4 Å². The lowest BCUT2D eigenvalue weighted by Gasteiger charge is -2.13. The second-order valence-corrected chi connectivity index (χ2v) is 3.27. The maximum Gasteiger partial charge on any atom is 0.422 e. The van der Waals surface area contributed by atoms with Crippen molar-refractivity contribution in [2.45, 2.75) is 12.1 Å². The molecule has 0 fully saturated rings. The molecular formula is C10H6F4O4. The van der Waals surface area contributed by atoms with Gasteiger partial charge >= 0.3 is 17.9 Å². The zero-order valence-electron chi connectivity index (χ0n) is 8.57. The first-order valence-electron chi connectivity index (χ1n) is 4.49. The van der Waals surface area contributed by atoms with Crippen LogP contribution in [0.2, 0.25) is 0 Å². The van der Waals surface area contributed by atoms with E-state index in [9.17, 15) is 27.3 Å². The summed E-state index contributed by atoms with van der Waals surface area (Å²) in [5, 5.41) is 8.37. The number of carbonyl (C=O) groups excluding carboxylic acids is 1. The lowest BCUT2D eigenvalue weighted by Crippen LogP contribution is -2.26. The van der Waals surface area contributed by atoms with Gasteiger partial charge in [-0.25, -0.2) is 18.9 Å². The average Bonchev–Trinajstić information content (AvgIpc) is 2.36. The maximum absolute atomic E-state index is 13.2. The van der Waals surface area contributed by atoms with Gasteiger partial charge in [0, 0.05) is 10.1 Å². The minimum atomic E-state index is -4.33. The molecule has 0 saturated heterocycles. The van der Waals surface area contributed by atoms with E-state index in [1.165, 1.54) is 0 Å². The normalized spacial score (nSPS) is 12.9. The molecule has 1 aromatic rings. The van der Waals surface area contributed by atoms with E-state index in [4.69, 9.17) is 5.11 Å². The largest absolute Gasteiger partial charge is 0.479 e. The zero-order valence-corrected chi connectivity index (χ0v) is 8.57. The number of halogens is 4. The van der Waals surface area contributed by atoms with Crippen LogP contribution in [0.4, 0.5) is 17.7 Å². The molecule has 0 aliphatic rings. The van der Waals surface area contributed by atoms with Crippen molar-refractivity contribution in [3.8, 4) is 0 Å². The van der Waals surface area contributed by atoms with Gasteiger partial charge in [0.25, 0.3) is 0 Å². The molecule has 98 valence electrons. The Morgan fingerprint density at radius 3 is 2.44 bits per heavy atom. The molecule has 0 spiro atoms. The van der Waals surface area contributed by atoms with Crippen LogP contribution in [-0.2, 0) is 20.5 Å². The Labute approximate surface area is 97.7 Å². The number of alkyl halides is 3. The Kier molecular flexibility index (Phi) is 3.89. The summed E-state index contributed by atoms with van der Waals surface area (Å²) < 4.78 is 51.0. The average molecular weight is 266 g/mol. The Hall–Kier alpha value is -2.12. The van der Waals surface area contributed by atoms with E-state index in [2.05, 4.69) is 4.94 Å². The summed E-state index contributed by atoms with van der Waals surface area (Å²) in [6, 6.07) is 3.03. The number of carbonyl (C=O) groups is 2. The standard InChI is InChI=1S/C10H6F4O4/c11-7(8(15)16)5-2-1-3-6(4-5)10(12,13)9(17)18-14/h1-4,7H,(H,15,16). The fourth-order valence-electron chi connectivity index (χ4n) is 1.20. The third-order valence-electron chi connectivity index (χ3n) is 2.09. The number of benzene rings is 1. The van der Waals surface area contributed by atoms with Gasteiger partial charge in [-0.3, -0.25) is 0 Å². The minimum absolute atomic E-state index is 0.454. The van der Waals surface area contributed by atoms with E-state index in [-0.39, 0.29) is 0 Å². The number of hydrogen-bond acceptors (Lipinski definition) is 3. The van der Waals surface area contributed by atoms with E-state index in [1.54, 1.807) is 0 Å². The van der Waals surface area contributed by atoms with Crippen LogP contribution in [0.1, 0.15) is 17.3 Å². The number of aliphatic carboxylic acids is 1. The van der Waals surface area contributed by atoms with E-state index in [1.807, 2.05) is 0 Å². The summed E-state index contributed by atoms with van der Waals surface area (Å²) >= 11 is 0. The van der Waals surface area contributed by atoms with Crippen molar-refractivity contribution >= 4 is 11.9 Å². The van der Waals surface area contributed by atoms with Crippen molar-refractivity contribution in [3.63, 3.8) is 0 Å². The second kappa shape index (κ2) is 5.03. The topological polar surface area (TPSA) is 63.6 Å². The fourth-order valence-corrected chi connectivity index (χ4v) is 1.20. The van der Waals surface area contributed by atoms with Crippen LogP contribution in [0.5, 0.6) is 0 Å². The van der Waals surface area contributed by atoms with E-state index >= 15 is 0 Å². The van der Waals surface area contributed by atoms with Gasteiger partial charge in [-0.1, -0.05) is 18.2 Å². The molecule has 0 bridgehead atoms. The second-order valence-electron chi connectivity index (χ2n) is 3.27. The van der Waals surface area contributed by atoms with Crippen LogP contribution in [0.3, 0.4) is 0 Å². The molecule has 1 atom stereocenters. The van der Waals surface area contributed by atoms with Crippen molar-refractivity contribution in [2.75, 3.05) is 0 Å². The van der Waals surface area contributed by atoms with Crippen LogP contribution in [0.15, 0.2) is 24.3 Å². The molecule has 1 unspecified atom stereocenters. The van der Waals surface area contributed by atoms with Gasteiger partial charge in [0.15, 0.2) is 0 Å². The third-order valence-corrected chi connectivity index (χ3v) is 2.09. The SMILES string of the molecule is O=C(O)C(F)c1cccc(C(F)(F)C(=O)OF)c1. The summed E-state index contributed by atoms with van der Waals surface area (Å²) in [5.74, 6) is -8.67. The molecule has 4 nitrogen and oxygen atoms in total. The summed E-state index contributed by atoms with van der Waals surface area (Å²) in [4.78, 5) is 23.2. The van der Waals surface area contributed by atoms with E-state index in [0.29, 0.717) is 6.07 Å². The quantitative estimate of drug-likeness (QED) is 0.849. The summed E-state index contributed by atoms with van der Waals surface area (Å²) in [7, 11) is 0. The van der Waals surface area contributed by atoms with Gasteiger partial charge in [-0.05, 0) is 11.6 Å². The van der Waals surface area contributed by atoms with Crippen LogP contribution >= 0.6 is 0 Å². The van der Waals surface area contributed by atoms with E-state index in [0.717, 1.165) is 18.2 Å². The van der Waals surface area contributed by atoms with Crippen molar-refractivity contribution in [1.29, 1.82) is 0 Å². The van der Waals surface area contributed by atoms with Crippen LogP contribution in [0.25, 0.3) is 0 Å². The van der Waals surface area contributed by atoms with Crippen molar-refractivity contribution in [2.24, 2.45) is 0 Å². The number of carboxylic acid groups (broad SMARTS) is 1. The predicted octanol–water partition coefficient (Wildman–Crippen LogP) is 2.30. The molecule has 1 N–H and O–H groups in total. The third kappa shape index (κ3) is 2.58. The predicted molar refractivity (Wildman–Crippen MR) is 49.0 cm³/mol. The molecule has 0 heterocycles. The highest BCUT2D eigenvalue weighted by Crippen LogP contribution is 2.31. The van der Waals surface area contributed by atoms with Gasteiger partial charge in [0.2, 0.25) is 6.17 Å². The monoisotopic (exact) mass is 266 g/mol. The van der Waals surface area contributed by atoms with Crippen molar-refractivity contribution in [1.82, 2.24) is 0 Å². The number of hydrogen-bond donors (Lipinski definition) is 1. The molecule has 0 saturated carbocycles. The van der Waals surface area contributed by atoms with E-state index < -0.39 is 35.2 Å². The minimum Gasteiger partial charge on any atom is -0.479 e. The molecule has 1 aromatic carbocycles. The number of rotatable bonds is 4. The fraction of sp³-hybridized carbons (Fsp3) is 0.200. The molecule has 0 radical (unpaired) electrons. The Balaban J connectivity index is 3.16. The molecular weight excluding hydrogens is 260 g/mol. The molecule has 0 aliphatic heterocycles. The van der Waals surface area contributed by atoms with Crippen LogP contribution in [-0.4, -0.2) is 17.0 Å². The summed E-state index contributed by atoms with van der Waals surface area (Å²) in [6.45, 7) is 0. The van der Waals surface area contributed by atoms with Crippen molar-refractivity contribution < 1.29 is 37.3 Å². The lowest BCUT2D eigenvalue weighted by molar-refractivity contribution is -0.213. The first kappa shape index (κ1) is 13.9. The van der Waals surface area contributed by atoms with Gasteiger partial charge in [-0.2, -0.15) is 8.78 Å². The smallest absolute Gasteiger partial charge is 0.422 e. The molecule has 1 rings (SSSR count). The highest BCUT2D eigenvalue weighted by atomic mass is 19.3. The maximum atomic E-state index is 13.2. The van der Waals surface area contributed by atoms with Gasteiger partial charge in [0.05, 0.1) is 0 Å². The summed E-state index contributed by atoms with van der Waals surface area (Å²) in [5.41, 5.74) is -1.65. The highest BCUT2D eigenvalue weighted by molar-refractivity contribution is 5.79. The lowest BCUT2D eigenvalue weighted by atomic mass is 10.0. The van der Waals surface area contributed by atoms with Gasteiger partial charge < -0.3 is 5.11 Å².